The molecule has 1 saturated heterocycles. The third-order valence-electron chi connectivity index (χ3n) is 7.11. The van der Waals surface area contributed by atoms with Crippen LogP contribution in [0.1, 0.15) is 86.6 Å². The Bertz CT molecular complexity index is 1120. The Kier molecular flexibility index (Phi) is 4.23. The van der Waals surface area contributed by atoms with Crippen molar-refractivity contribution in [2.75, 3.05) is 13.1 Å². The number of aromatic nitrogens is 6. The molecule has 8 heteroatoms. The van der Waals surface area contributed by atoms with E-state index >= 15 is 0 Å². The van der Waals surface area contributed by atoms with Crippen molar-refractivity contribution in [1.29, 1.82) is 0 Å². The second-order valence-corrected chi connectivity index (χ2v) is 9.19. The van der Waals surface area contributed by atoms with E-state index in [0.29, 0.717) is 23.3 Å². The fraction of sp³-hybridized carbons (Fsp3) is 0.591. The average molecular weight is 406 g/mol. The van der Waals surface area contributed by atoms with Crippen molar-refractivity contribution in [3.05, 3.63) is 46.2 Å². The van der Waals surface area contributed by atoms with E-state index in [2.05, 4.69) is 31.9 Å². The summed E-state index contributed by atoms with van der Waals surface area (Å²) in [5.41, 5.74) is 1.91. The minimum absolute atomic E-state index is 0.0380. The Morgan fingerprint density at radius 1 is 1.03 bits per heavy atom. The van der Waals surface area contributed by atoms with Gasteiger partial charge in [0.25, 0.3) is 5.56 Å². The lowest BCUT2D eigenvalue weighted by atomic mass is 9.96. The molecule has 1 atom stereocenters. The van der Waals surface area contributed by atoms with Gasteiger partial charge in [-0.3, -0.25) is 9.69 Å². The summed E-state index contributed by atoms with van der Waals surface area (Å²) in [6.07, 6.45) is 12.9. The zero-order chi connectivity index (χ0) is 20.2. The van der Waals surface area contributed by atoms with E-state index in [1.54, 1.807) is 6.20 Å². The van der Waals surface area contributed by atoms with Crippen LogP contribution in [-0.4, -0.2) is 47.7 Å². The van der Waals surface area contributed by atoms with Crippen molar-refractivity contribution in [1.82, 2.24) is 34.6 Å². The van der Waals surface area contributed by atoms with E-state index < -0.39 is 0 Å². The maximum atomic E-state index is 12.7. The summed E-state index contributed by atoms with van der Waals surface area (Å²) in [6, 6.07) is 0.403. The molecule has 2 aliphatic carbocycles. The molecule has 4 heterocycles. The van der Waals surface area contributed by atoms with E-state index in [9.17, 15) is 4.79 Å². The first-order valence-electron chi connectivity index (χ1n) is 11.2. The average Bonchev–Trinajstić information content (AvgIpc) is 3.25. The summed E-state index contributed by atoms with van der Waals surface area (Å²) in [5, 5.41) is 5.08. The molecule has 0 bridgehead atoms. The topological polar surface area (TPSA) is 92.6 Å². The summed E-state index contributed by atoms with van der Waals surface area (Å²) in [7, 11) is 0. The Morgan fingerprint density at radius 3 is 2.47 bits per heavy atom. The molecule has 0 unspecified atom stereocenters. The van der Waals surface area contributed by atoms with Gasteiger partial charge in [0.05, 0.1) is 18.3 Å². The van der Waals surface area contributed by atoms with Crippen molar-refractivity contribution in [2.24, 2.45) is 0 Å². The molecule has 0 amide bonds. The van der Waals surface area contributed by atoms with Gasteiger partial charge in [-0.1, -0.05) is 12.8 Å². The minimum Gasteiger partial charge on any atom is -0.309 e. The molecule has 0 radical (unpaired) electrons. The second kappa shape index (κ2) is 6.97. The van der Waals surface area contributed by atoms with Crippen molar-refractivity contribution in [3.63, 3.8) is 0 Å². The second-order valence-electron chi connectivity index (χ2n) is 9.19. The number of hydrogen-bond donors (Lipinski definition) is 1. The molecule has 156 valence electrons. The highest BCUT2D eigenvalue weighted by Gasteiger charge is 2.35. The van der Waals surface area contributed by atoms with E-state index in [1.165, 1.54) is 31.2 Å². The van der Waals surface area contributed by atoms with Gasteiger partial charge in [-0.15, -0.1) is 0 Å². The molecule has 0 spiro atoms. The summed E-state index contributed by atoms with van der Waals surface area (Å²) in [6.45, 7) is 3.87. The first-order valence-corrected chi connectivity index (χ1v) is 11.2. The summed E-state index contributed by atoms with van der Waals surface area (Å²) in [4.78, 5) is 32.0. The number of rotatable bonds is 5. The van der Waals surface area contributed by atoms with Crippen molar-refractivity contribution in [3.8, 4) is 0 Å². The van der Waals surface area contributed by atoms with E-state index in [0.717, 1.165) is 43.2 Å². The van der Waals surface area contributed by atoms with Crippen LogP contribution in [0.3, 0.4) is 0 Å². The maximum absolute atomic E-state index is 12.7. The van der Waals surface area contributed by atoms with Crippen LogP contribution < -0.4 is 5.56 Å². The number of nitrogens with one attached hydrogen (secondary N) is 1. The van der Waals surface area contributed by atoms with Gasteiger partial charge in [-0.2, -0.15) is 5.10 Å². The standard InChI is InChI=1S/C22H27N7O/c1-13(28-11-16(12-28)20-23-8-15(9-24-20)14-6-7-14)19-26-21-18(22(30)27-19)10-25-29(21)17-4-2-3-5-17/h8-10,13-14,16-17H,2-7,11-12H2,1H3,(H,26,27,30)/t13-/m1/s1. The zero-order valence-electron chi connectivity index (χ0n) is 17.3. The number of fused-ring (bicyclic) bond motifs is 1. The van der Waals surface area contributed by atoms with E-state index in [4.69, 9.17) is 4.98 Å². The molecule has 1 N–H and O–H groups in total. The van der Waals surface area contributed by atoms with Crippen molar-refractivity contribution < 1.29 is 0 Å². The van der Waals surface area contributed by atoms with Crippen LogP contribution in [0.25, 0.3) is 11.0 Å². The fourth-order valence-electron chi connectivity index (χ4n) is 4.92. The normalized spacial score (nSPS) is 21.9. The molecule has 3 fully saturated rings. The highest BCUT2D eigenvalue weighted by Crippen LogP contribution is 2.40. The molecule has 3 aromatic heterocycles. The van der Waals surface area contributed by atoms with Crippen molar-refractivity contribution in [2.45, 2.75) is 69.4 Å². The molecule has 8 nitrogen and oxygen atoms in total. The lowest BCUT2D eigenvalue weighted by Crippen LogP contribution is -2.47. The predicted molar refractivity (Wildman–Crippen MR) is 112 cm³/mol. The number of likely N-dealkylation sites (tertiary alicyclic amines) is 1. The first-order chi connectivity index (χ1) is 14.7. The van der Waals surface area contributed by atoms with Gasteiger partial charge in [0.15, 0.2) is 5.65 Å². The van der Waals surface area contributed by atoms with Crippen LogP contribution in [-0.2, 0) is 0 Å². The molecule has 1 aliphatic heterocycles. The van der Waals surface area contributed by atoms with Gasteiger partial charge >= 0.3 is 0 Å². The molecule has 30 heavy (non-hydrogen) atoms. The number of nitrogens with zero attached hydrogens (tertiary/aromatic N) is 6. The Balaban J connectivity index is 1.20. The van der Waals surface area contributed by atoms with Crippen LogP contribution >= 0.6 is 0 Å². The van der Waals surface area contributed by atoms with E-state index in [1.807, 2.05) is 17.1 Å². The van der Waals surface area contributed by atoms with Gasteiger partial charge in [0.2, 0.25) is 0 Å². The number of aromatic amines is 1. The highest BCUT2D eigenvalue weighted by molar-refractivity contribution is 5.73. The highest BCUT2D eigenvalue weighted by atomic mass is 16.1. The lowest BCUT2D eigenvalue weighted by Gasteiger charge is -2.41. The molecule has 0 aromatic carbocycles. The van der Waals surface area contributed by atoms with Crippen LogP contribution in [0.15, 0.2) is 23.4 Å². The van der Waals surface area contributed by atoms with Gasteiger partial charge in [0, 0.05) is 31.4 Å². The first kappa shape index (κ1) is 18.2. The van der Waals surface area contributed by atoms with Gasteiger partial charge in [-0.25, -0.2) is 19.6 Å². The van der Waals surface area contributed by atoms with Gasteiger partial charge in [-0.05, 0) is 44.1 Å². The Labute approximate surface area is 174 Å². The maximum Gasteiger partial charge on any atom is 0.262 e. The number of H-pyrrole nitrogens is 1. The van der Waals surface area contributed by atoms with Gasteiger partial charge < -0.3 is 4.98 Å². The molecule has 2 saturated carbocycles. The molecular weight excluding hydrogens is 378 g/mol. The zero-order valence-corrected chi connectivity index (χ0v) is 17.3. The van der Waals surface area contributed by atoms with Crippen molar-refractivity contribution >= 4 is 11.0 Å². The Morgan fingerprint density at radius 2 is 1.77 bits per heavy atom. The third-order valence-corrected chi connectivity index (χ3v) is 7.11. The quantitative estimate of drug-likeness (QED) is 0.701. The van der Waals surface area contributed by atoms with Crippen LogP contribution in [0, 0.1) is 0 Å². The lowest BCUT2D eigenvalue weighted by molar-refractivity contribution is 0.0919. The number of hydrogen-bond acceptors (Lipinski definition) is 6. The predicted octanol–water partition coefficient (Wildman–Crippen LogP) is 3.06. The Hall–Kier alpha value is -2.61. The van der Waals surface area contributed by atoms with E-state index in [-0.39, 0.29) is 11.6 Å². The molecular formula is C22H27N7O. The molecule has 3 aromatic rings. The minimum atomic E-state index is -0.0952. The molecule has 3 aliphatic rings. The summed E-state index contributed by atoms with van der Waals surface area (Å²) in [5.74, 6) is 2.68. The smallest absolute Gasteiger partial charge is 0.262 e. The largest absolute Gasteiger partial charge is 0.309 e. The van der Waals surface area contributed by atoms with Crippen LogP contribution in [0.4, 0.5) is 0 Å². The third kappa shape index (κ3) is 3.05. The van der Waals surface area contributed by atoms with Gasteiger partial charge in [0.1, 0.15) is 17.0 Å². The fourth-order valence-corrected chi connectivity index (χ4v) is 4.92. The van der Waals surface area contributed by atoms with Crippen LogP contribution in [0.2, 0.25) is 0 Å². The molecule has 6 rings (SSSR count). The van der Waals surface area contributed by atoms with Crippen LogP contribution in [0.5, 0.6) is 0 Å². The summed E-state index contributed by atoms with van der Waals surface area (Å²) < 4.78 is 1.97. The SMILES string of the molecule is C[C@H](c1nc2c(cnn2C2CCCC2)c(=O)[nH]1)N1CC(c2ncc(C3CC3)cn2)C1. The summed E-state index contributed by atoms with van der Waals surface area (Å²) >= 11 is 0. The monoisotopic (exact) mass is 405 g/mol.